The van der Waals surface area contributed by atoms with Crippen molar-refractivity contribution in [3.63, 3.8) is 0 Å². The van der Waals surface area contributed by atoms with Gasteiger partial charge in [-0.1, -0.05) is 18.2 Å². The number of carbonyl (C=O) groups is 2. The maximum atomic E-state index is 13.2. The molecule has 0 spiro atoms. The van der Waals surface area contributed by atoms with Gasteiger partial charge in [-0.2, -0.15) is 0 Å². The number of aromatic hydroxyl groups is 1. The van der Waals surface area contributed by atoms with Gasteiger partial charge in [-0.3, -0.25) is 9.59 Å². The Hall–Kier alpha value is -4.46. The van der Waals surface area contributed by atoms with Crippen LogP contribution in [0.15, 0.2) is 54.3 Å². The highest BCUT2D eigenvalue weighted by molar-refractivity contribution is 6.15. The van der Waals surface area contributed by atoms with Gasteiger partial charge in [-0.25, -0.2) is 0 Å². The fraction of sp³-hybridized carbons (Fsp3) is 0.185. The molecule has 2 heterocycles. The first-order chi connectivity index (χ1) is 16.9. The van der Waals surface area contributed by atoms with Gasteiger partial charge in [0.2, 0.25) is 11.5 Å². The molecule has 0 saturated heterocycles. The number of phenols is 1. The van der Waals surface area contributed by atoms with Crippen molar-refractivity contribution in [3.05, 3.63) is 76.5 Å². The molecule has 1 N–H and O–H groups in total. The Morgan fingerprint density at radius 3 is 2.29 bits per heavy atom. The molecule has 0 aliphatic carbocycles. The summed E-state index contributed by atoms with van der Waals surface area (Å²) in [4.78, 5) is 25.7. The number of allylic oxidation sites excluding steroid dienone is 1. The van der Waals surface area contributed by atoms with Crippen molar-refractivity contribution in [2.75, 3.05) is 21.3 Å². The van der Waals surface area contributed by atoms with E-state index in [0.29, 0.717) is 39.5 Å². The van der Waals surface area contributed by atoms with E-state index < -0.39 is 11.9 Å². The zero-order valence-corrected chi connectivity index (χ0v) is 19.3. The van der Waals surface area contributed by atoms with Gasteiger partial charge in [0.15, 0.2) is 17.3 Å². The van der Waals surface area contributed by atoms with Crippen LogP contribution in [0.5, 0.6) is 34.5 Å². The van der Waals surface area contributed by atoms with Crippen LogP contribution in [0.4, 0.5) is 0 Å². The number of para-hydroxylation sites is 1. The molecule has 2 aliphatic heterocycles. The highest BCUT2D eigenvalue weighted by atomic mass is 16.5. The van der Waals surface area contributed by atoms with Crippen molar-refractivity contribution in [1.29, 1.82) is 0 Å². The quantitative estimate of drug-likeness (QED) is 0.328. The van der Waals surface area contributed by atoms with Crippen LogP contribution in [0.1, 0.15) is 39.4 Å². The van der Waals surface area contributed by atoms with Crippen LogP contribution < -0.4 is 23.7 Å². The molecule has 0 amide bonds. The second-order valence-corrected chi connectivity index (χ2v) is 8.04. The minimum atomic E-state index is -0.525. The van der Waals surface area contributed by atoms with Gasteiger partial charge in [-0.15, -0.1) is 0 Å². The van der Waals surface area contributed by atoms with E-state index in [9.17, 15) is 14.7 Å². The first kappa shape index (κ1) is 22.3. The molecule has 178 valence electrons. The van der Waals surface area contributed by atoms with Crippen LogP contribution in [-0.2, 0) is 4.79 Å². The topological polar surface area (TPSA) is 101 Å². The third-order valence-corrected chi connectivity index (χ3v) is 6.11. The van der Waals surface area contributed by atoms with Gasteiger partial charge < -0.3 is 28.8 Å². The molecule has 8 heteroatoms. The summed E-state index contributed by atoms with van der Waals surface area (Å²) in [7, 11) is 4.41. The van der Waals surface area contributed by atoms with E-state index in [1.807, 2.05) is 18.2 Å². The summed E-state index contributed by atoms with van der Waals surface area (Å²) < 4.78 is 27.6. The molecule has 0 radical (unpaired) electrons. The van der Waals surface area contributed by atoms with Crippen molar-refractivity contribution >= 4 is 17.8 Å². The Balaban J connectivity index is 1.64. The zero-order chi connectivity index (χ0) is 24.7. The number of benzene rings is 3. The monoisotopic (exact) mass is 474 g/mol. The molecular weight excluding hydrogens is 452 g/mol. The summed E-state index contributed by atoms with van der Waals surface area (Å²) in [6.45, 7) is 0. The van der Waals surface area contributed by atoms with Gasteiger partial charge in [0, 0.05) is 17.0 Å². The van der Waals surface area contributed by atoms with Crippen LogP contribution in [0.3, 0.4) is 0 Å². The summed E-state index contributed by atoms with van der Waals surface area (Å²) in [6, 6.07) is 13.7. The van der Waals surface area contributed by atoms with Crippen molar-refractivity contribution in [3.8, 4) is 34.5 Å². The van der Waals surface area contributed by atoms with Gasteiger partial charge >= 0.3 is 5.97 Å². The van der Waals surface area contributed by atoms with Crippen LogP contribution >= 0.6 is 0 Å². The maximum absolute atomic E-state index is 13.2. The number of phenolic OH excluding ortho intramolecular Hbond substituents is 1. The van der Waals surface area contributed by atoms with Crippen LogP contribution in [0, 0.1) is 0 Å². The zero-order valence-electron chi connectivity index (χ0n) is 19.3. The summed E-state index contributed by atoms with van der Waals surface area (Å²) in [5.41, 5.74) is 2.26. The molecule has 3 aromatic carbocycles. The van der Waals surface area contributed by atoms with E-state index in [1.54, 1.807) is 43.5 Å². The summed E-state index contributed by atoms with van der Waals surface area (Å²) >= 11 is 0. The highest BCUT2D eigenvalue weighted by Crippen LogP contribution is 2.51. The lowest BCUT2D eigenvalue weighted by molar-refractivity contribution is -0.135. The minimum absolute atomic E-state index is 0.00361. The lowest BCUT2D eigenvalue weighted by atomic mass is 9.84. The predicted octanol–water partition coefficient (Wildman–Crippen LogP) is 4.48. The van der Waals surface area contributed by atoms with Crippen LogP contribution in [0.2, 0.25) is 0 Å². The van der Waals surface area contributed by atoms with Crippen molar-refractivity contribution in [1.82, 2.24) is 0 Å². The molecular formula is C27H22O8. The minimum Gasteiger partial charge on any atom is -0.502 e. The Bertz CT molecular complexity index is 1360. The van der Waals surface area contributed by atoms with E-state index in [-0.39, 0.29) is 35.2 Å². The third-order valence-electron chi connectivity index (χ3n) is 6.11. The summed E-state index contributed by atoms with van der Waals surface area (Å²) in [6.07, 6.45) is 1.63. The average molecular weight is 474 g/mol. The first-order valence-corrected chi connectivity index (χ1v) is 10.8. The SMILES string of the molecule is COc1ccccc1/C=C1\Oc2c(ccc3c2[C@@H](c2cc(OC)c(O)c(OC)c2)CC(=O)O3)C1=O. The molecule has 0 aromatic heterocycles. The number of ketones is 1. The van der Waals surface area contributed by atoms with E-state index in [1.165, 1.54) is 14.2 Å². The summed E-state index contributed by atoms with van der Waals surface area (Å²) in [5, 5.41) is 10.3. The average Bonchev–Trinajstić information content (AvgIpc) is 3.18. The molecule has 1 atom stereocenters. The normalized spacial score (nSPS) is 17.3. The number of rotatable bonds is 5. The largest absolute Gasteiger partial charge is 0.502 e. The number of Topliss-reactive ketones (excluding diaryl/α,β-unsaturated/α-hetero) is 1. The fourth-order valence-corrected chi connectivity index (χ4v) is 4.43. The molecule has 0 saturated carbocycles. The molecule has 3 aromatic rings. The Morgan fingerprint density at radius 2 is 1.60 bits per heavy atom. The second-order valence-electron chi connectivity index (χ2n) is 8.04. The maximum Gasteiger partial charge on any atom is 0.312 e. The molecule has 0 bridgehead atoms. The van der Waals surface area contributed by atoms with Crippen molar-refractivity contribution < 1.29 is 38.4 Å². The number of esters is 1. The lowest BCUT2D eigenvalue weighted by Crippen LogP contribution is -2.21. The van der Waals surface area contributed by atoms with E-state index in [0.717, 1.165) is 0 Å². The Labute approximate surface area is 201 Å². The van der Waals surface area contributed by atoms with Gasteiger partial charge in [0.05, 0.1) is 33.3 Å². The molecule has 5 rings (SSSR count). The molecule has 0 fully saturated rings. The summed E-state index contributed by atoms with van der Waals surface area (Å²) in [5.74, 6) is 0.376. The van der Waals surface area contributed by atoms with E-state index >= 15 is 0 Å². The Kier molecular flexibility index (Phi) is 5.56. The van der Waals surface area contributed by atoms with E-state index in [2.05, 4.69) is 0 Å². The van der Waals surface area contributed by atoms with Gasteiger partial charge in [0.25, 0.3) is 0 Å². The number of ether oxygens (including phenoxy) is 5. The smallest absolute Gasteiger partial charge is 0.312 e. The van der Waals surface area contributed by atoms with Gasteiger partial charge in [0.1, 0.15) is 17.2 Å². The van der Waals surface area contributed by atoms with Crippen LogP contribution in [0.25, 0.3) is 6.08 Å². The highest BCUT2D eigenvalue weighted by Gasteiger charge is 2.39. The number of methoxy groups -OCH3 is 3. The first-order valence-electron chi connectivity index (χ1n) is 10.8. The Morgan fingerprint density at radius 1 is 0.914 bits per heavy atom. The standard InChI is InChI=1S/C27H22O8/c1-31-18-7-5-4-6-14(18)10-22-25(29)16-8-9-19-24(27(16)35-22)17(13-23(28)34-19)15-11-20(32-2)26(30)21(12-15)33-3/h4-12,17,30H,13H2,1-3H3/b22-10-/t17-/m1/s1. The molecule has 0 unspecified atom stereocenters. The molecule has 8 nitrogen and oxygen atoms in total. The fourth-order valence-electron chi connectivity index (χ4n) is 4.43. The number of carbonyl (C=O) groups excluding carboxylic acids is 2. The molecule has 2 aliphatic rings. The lowest BCUT2D eigenvalue weighted by Gasteiger charge is -2.27. The third kappa shape index (κ3) is 3.73. The second kappa shape index (κ2) is 8.72. The van der Waals surface area contributed by atoms with E-state index in [4.69, 9.17) is 23.7 Å². The number of fused-ring (bicyclic) bond motifs is 3. The number of hydrogen-bond acceptors (Lipinski definition) is 8. The van der Waals surface area contributed by atoms with Crippen molar-refractivity contribution in [2.24, 2.45) is 0 Å². The van der Waals surface area contributed by atoms with Crippen LogP contribution in [-0.4, -0.2) is 38.2 Å². The van der Waals surface area contributed by atoms with Gasteiger partial charge in [-0.05, 0) is 42.0 Å². The number of hydrogen-bond donors (Lipinski definition) is 1. The van der Waals surface area contributed by atoms with Crippen molar-refractivity contribution in [2.45, 2.75) is 12.3 Å². The molecule has 35 heavy (non-hydrogen) atoms. The predicted molar refractivity (Wildman–Crippen MR) is 126 cm³/mol.